The van der Waals surface area contributed by atoms with Crippen LogP contribution in [-0.4, -0.2) is 41.1 Å². The molecule has 2 aromatic rings. The number of amides is 2. The number of halogens is 1. The van der Waals surface area contributed by atoms with Gasteiger partial charge in [0.2, 0.25) is 11.8 Å². The van der Waals surface area contributed by atoms with E-state index < -0.39 is 17.9 Å². The number of Topliss-reactive ketones (excluding diaryl/α,β-unsaturated/α-hetero) is 1. The lowest BCUT2D eigenvalue weighted by Gasteiger charge is -2.27. The van der Waals surface area contributed by atoms with Crippen molar-refractivity contribution in [2.45, 2.75) is 38.3 Å². The smallest absolute Gasteiger partial charge is 0.239 e. The molecule has 0 spiro atoms. The van der Waals surface area contributed by atoms with Gasteiger partial charge in [0, 0.05) is 16.6 Å². The molecule has 3 aliphatic heterocycles. The number of hydrogen-bond acceptors (Lipinski definition) is 4. The van der Waals surface area contributed by atoms with Gasteiger partial charge in [-0.2, -0.15) is 0 Å². The Balaban J connectivity index is 1.52. The van der Waals surface area contributed by atoms with Gasteiger partial charge in [-0.1, -0.05) is 30.7 Å². The summed E-state index contributed by atoms with van der Waals surface area (Å²) in [5.41, 5.74) is 2.27. The lowest BCUT2D eigenvalue weighted by atomic mass is 9.85. The average Bonchev–Trinajstić information content (AvgIpc) is 3.40. The van der Waals surface area contributed by atoms with Crippen LogP contribution in [0.1, 0.15) is 35.7 Å². The van der Waals surface area contributed by atoms with Gasteiger partial charge in [0.25, 0.3) is 0 Å². The number of benzene rings is 2. The zero-order valence-electron chi connectivity index (χ0n) is 16.8. The van der Waals surface area contributed by atoms with Crippen LogP contribution in [0.2, 0.25) is 5.02 Å². The van der Waals surface area contributed by atoms with Gasteiger partial charge in [-0.05, 0) is 67.8 Å². The van der Waals surface area contributed by atoms with Gasteiger partial charge in [0.05, 0.1) is 23.6 Å². The molecule has 5 rings (SSSR count). The van der Waals surface area contributed by atoms with Crippen LogP contribution in [0, 0.1) is 11.8 Å². The number of imide groups is 1. The molecule has 4 atom stereocenters. The Morgan fingerprint density at radius 3 is 2.33 bits per heavy atom. The van der Waals surface area contributed by atoms with Crippen molar-refractivity contribution in [3.05, 3.63) is 64.7 Å². The van der Waals surface area contributed by atoms with Crippen molar-refractivity contribution >= 4 is 34.9 Å². The Labute approximate surface area is 180 Å². The van der Waals surface area contributed by atoms with Crippen LogP contribution in [0.25, 0.3) is 0 Å². The van der Waals surface area contributed by atoms with Crippen LogP contribution in [0.5, 0.6) is 0 Å². The average molecular weight is 423 g/mol. The van der Waals surface area contributed by atoms with E-state index in [0.29, 0.717) is 16.3 Å². The van der Waals surface area contributed by atoms with E-state index >= 15 is 0 Å². The molecule has 3 fully saturated rings. The van der Waals surface area contributed by atoms with Crippen molar-refractivity contribution in [3.63, 3.8) is 0 Å². The second-order valence-corrected chi connectivity index (χ2v) is 8.78. The Hall–Kier alpha value is -2.50. The number of fused-ring (bicyclic) bond motifs is 3. The number of aryl methyl sites for hydroxylation is 1. The predicted octanol–water partition coefficient (Wildman–Crippen LogP) is 3.74. The van der Waals surface area contributed by atoms with Crippen molar-refractivity contribution in [1.29, 1.82) is 0 Å². The number of carbonyl (C=O) groups excluding carboxylic acids is 3. The van der Waals surface area contributed by atoms with Crippen LogP contribution in [-0.2, 0) is 16.0 Å². The summed E-state index contributed by atoms with van der Waals surface area (Å²) in [5.74, 6) is -1.60. The maximum atomic E-state index is 13.5. The van der Waals surface area contributed by atoms with E-state index in [1.807, 2.05) is 24.3 Å². The summed E-state index contributed by atoms with van der Waals surface area (Å²) in [6.07, 6.45) is 2.67. The number of hydrogen-bond donors (Lipinski definition) is 0. The lowest BCUT2D eigenvalue weighted by molar-refractivity contribution is -0.123. The highest BCUT2D eigenvalue weighted by Gasteiger charge is 2.64. The number of nitrogens with zero attached hydrogens (tertiary/aromatic N) is 2. The first kappa shape index (κ1) is 19.5. The fourth-order valence-corrected chi connectivity index (χ4v) is 5.56. The molecule has 6 heteroatoms. The highest BCUT2D eigenvalue weighted by Crippen LogP contribution is 2.48. The largest absolute Gasteiger partial charge is 0.292 e. The summed E-state index contributed by atoms with van der Waals surface area (Å²) >= 11 is 5.98. The Morgan fingerprint density at radius 1 is 1.00 bits per heavy atom. The van der Waals surface area contributed by atoms with Crippen molar-refractivity contribution in [2.24, 2.45) is 11.8 Å². The molecule has 0 unspecified atom stereocenters. The van der Waals surface area contributed by atoms with E-state index in [9.17, 15) is 14.4 Å². The first-order chi connectivity index (χ1) is 14.5. The normalized spacial score (nSPS) is 28.1. The van der Waals surface area contributed by atoms with E-state index in [1.165, 1.54) is 4.90 Å². The van der Waals surface area contributed by atoms with Gasteiger partial charge in [0.15, 0.2) is 5.78 Å². The highest BCUT2D eigenvalue weighted by molar-refractivity contribution is 6.30. The molecule has 3 aliphatic rings. The molecule has 5 nitrogen and oxygen atoms in total. The van der Waals surface area contributed by atoms with Crippen molar-refractivity contribution in [1.82, 2.24) is 4.90 Å². The Kier molecular flexibility index (Phi) is 4.75. The Morgan fingerprint density at radius 2 is 1.67 bits per heavy atom. The topological polar surface area (TPSA) is 57.7 Å². The molecule has 0 N–H and O–H groups in total. The standard InChI is InChI=1S/C24H23ClN2O3/c1-2-14-5-11-17(12-6-14)27-23(29)19-18-4-3-13-26(18)21(20(19)24(27)30)22(28)15-7-9-16(25)10-8-15/h5-12,18-21H,2-4,13H2,1H3/t18-,19-,20-,21+/m1/s1. The summed E-state index contributed by atoms with van der Waals surface area (Å²) in [7, 11) is 0. The summed E-state index contributed by atoms with van der Waals surface area (Å²) < 4.78 is 0. The second kappa shape index (κ2) is 7.33. The molecule has 3 saturated heterocycles. The minimum atomic E-state index is -0.628. The van der Waals surface area contributed by atoms with Gasteiger partial charge in [-0.25, -0.2) is 4.90 Å². The monoisotopic (exact) mass is 422 g/mol. The third kappa shape index (κ3) is 2.83. The van der Waals surface area contributed by atoms with Crippen LogP contribution >= 0.6 is 11.6 Å². The fourth-order valence-electron chi connectivity index (χ4n) is 5.44. The summed E-state index contributed by atoms with van der Waals surface area (Å²) in [5, 5.41) is 0.559. The maximum Gasteiger partial charge on any atom is 0.239 e. The lowest BCUT2D eigenvalue weighted by Crippen LogP contribution is -2.46. The van der Waals surface area contributed by atoms with Crippen LogP contribution in [0.3, 0.4) is 0 Å². The molecule has 154 valence electrons. The van der Waals surface area contributed by atoms with Crippen molar-refractivity contribution in [3.8, 4) is 0 Å². The summed E-state index contributed by atoms with van der Waals surface area (Å²) in [6, 6.07) is 13.7. The number of rotatable bonds is 4. The second-order valence-electron chi connectivity index (χ2n) is 8.35. The first-order valence-corrected chi connectivity index (χ1v) is 10.9. The van der Waals surface area contributed by atoms with Gasteiger partial charge in [-0.3, -0.25) is 19.3 Å². The molecule has 2 aromatic carbocycles. The molecule has 0 radical (unpaired) electrons. The molecule has 0 bridgehead atoms. The third-order valence-electron chi connectivity index (χ3n) is 6.85. The van der Waals surface area contributed by atoms with Crippen LogP contribution in [0.15, 0.2) is 48.5 Å². The number of anilines is 1. The SMILES string of the molecule is CCc1ccc(N2C(=O)[C@@H]3[C@H](C2=O)[C@H]2CCCN2[C@@H]3C(=O)c2ccc(Cl)cc2)cc1. The minimum Gasteiger partial charge on any atom is -0.292 e. The van der Waals surface area contributed by atoms with Gasteiger partial charge >= 0.3 is 0 Å². The molecule has 0 saturated carbocycles. The Bertz CT molecular complexity index is 1020. The molecule has 3 heterocycles. The van der Waals surface area contributed by atoms with Gasteiger partial charge < -0.3 is 0 Å². The summed E-state index contributed by atoms with van der Waals surface area (Å²) in [4.78, 5) is 43.7. The maximum absolute atomic E-state index is 13.5. The molecule has 0 aliphatic carbocycles. The van der Waals surface area contributed by atoms with E-state index in [4.69, 9.17) is 11.6 Å². The quantitative estimate of drug-likeness (QED) is 0.556. The number of ketones is 1. The minimum absolute atomic E-state index is 0.0485. The predicted molar refractivity (Wildman–Crippen MR) is 115 cm³/mol. The van der Waals surface area contributed by atoms with Crippen LogP contribution in [0.4, 0.5) is 5.69 Å². The molecule has 2 amide bonds. The molecular weight excluding hydrogens is 400 g/mol. The van der Waals surface area contributed by atoms with Gasteiger partial charge in [0.1, 0.15) is 0 Å². The van der Waals surface area contributed by atoms with Gasteiger partial charge in [-0.15, -0.1) is 0 Å². The van der Waals surface area contributed by atoms with E-state index in [1.54, 1.807) is 24.3 Å². The zero-order chi connectivity index (χ0) is 21.0. The zero-order valence-corrected chi connectivity index (χ0v) is 17.5. The van der Waals surface area contributed by atoms with Crippen LogP contribution < -0.4 is 4.90 Å². The molecule has 30 heavy (non-hydrogen) atoms. The first-order valence-electron chi connectivity index (χ1n) is 10.5. The van der Waals surface area contributed by atoms with Crippen molar-refractivity contribution < 1.29 is 14.4 Å². The molecular formula is C24H23ClN2O3. The van der Waals surface area contributed by atoms with E-state index in [2.05, 4.69) is 11.8 Å². The van der Waals surface area contributed by atoms with E-state index in [-0.39, 0.29) is 23.6 Å². The third-order valence-corrected chi connectivity index (χ3v) is 7.10. The molecule has 0 aromatic heterocycles. The fraction of sp³-hybridized carbons (Fsp3) is 0.375. The van der Waals surface area contributed by atoms with Crippen molar-refractivity contribution in [2.75, 3.05) is 11.4 Å². The highest BCUT2D eigenvalue weighted by atomic mass is 35.5. The van der Waals surface area contributed by atoms with E-state index in [0.717, 1.165) is 31.4 Å². The summed E-state index contributed by atoms with van der Waals surface area (Å²) in [6.45, 7) is 2.81. The number of carbonyl (C=O) groups is 3.